The van der Waals surface area contributed by atoms with Gasteiger partial charge in [-0.05, 0) is 51.8 Å². The molecule has 0 N–H and O–H groups in total. The van der Waals surface area contributed by atoms with Gasteiger partial charge in [-0.15, -0.1) is 0 Å². The Morgan fingerprint density at radius 3 is 2.52 bits per heavy atom. The largest absolute Gasteiger partial charge is 0.402 e. The number of esters is 1. The third kappa shape index (κ3) is 3.89. The molecule has 0 radical (unpaired) electrons. The molecule has 0 saturated carbocycles. The van der Waals surface area contributed by atoms with Gasteiger partial charge in [-0.3, -0.25) is 10.1 Å². The zero-order chi connectivity index (χ0) is 17.8. The fourth-order valence-corrected chi connectivity index (χ4v) is 2.59. The molecule has 3 rings (SSSR count). The SMILES string of the molecule is O=C1OC(c2ccccc2Br)=NC1=CC=Cc1ccc([N+](=O)[O-])cc1. The number of nitro groups is 1. The molecule has 0 aliphatic carbocycles. The number of rotatable bonds is 4. The van der Waals surface area contributed by atoms with Crippen molar-refractivity contribution in [2.24, 2.45) is 4.99 Å². The van der Waals surface area contributed by atoms with Crippen LogP contribution in [0.5, 0.6) is 0 Å². The van der Waals surface area contributed by atoms with Crippen LogP contribution in [0.25, 0.3) is 6.08 Å². The van der Waals surface area contributed by atoms with Crippen LogP contribution in [0.4, 0.5) is 5.69 Å². The predicted molar refractivity (Wildman–Crippen MR) is 97.0 cm³/mol. The highest BCUT2D eigenvalue weighted by Gasteiger charge is 2.24. The van der Waals surface area contributed by atoms with Crippen LogP contribution < -0.4 is 0 Å². The molecule has 1 aliphatic rings. The van der Waals surface area contributed by atoms with E-state index < -0.39 is 10.9 Å². The highest BCUT2D eigenvalue weighted by Crippen LogP contribution is 2.22. The van der Waals surface area contributed by atoms with Gasteiger partial charge in [0.25, 0.3) is 5.69 Å². The number of hydrogen-bond donors (Lipinski definition) is 0. The Bertz CT molecular complexity index is 930. The molecule has 7 heteroatoms. The van der Waals surface area contributed by atoms with Gasteiger partial charge >= 0.3 is 5.97 Å². The number of ether oxygens (including phenoxy) is 1. The van der Waals surface area contributed by atoms with Crippen LogP contribution in [-0.4, -0.2) is 16.8 Å². The van der Waals surface area contributed by atoms with Gasteiger partial charge in [0.2, 0.25) is 5.90 Å². The molecule has 2 aromatic carbocycles. The second-order valence-corrected chi connectivity index (χ2v) is 5.90. The molecule has 1 heterocycles. The van der Waals surface area contributed by atoms with E-state index in [1.54, 1.807) is 30.4 Å². The summed E-state index contributed by atoms with van der Waals surface area (Å²) in [6.45, 7) is 0. The van der Waals surface area contributed by atoms with Crippen molar-refractivity contribution in [3.63, 3.8) is 0 Å². The van der Waals surface area contributed by atoms with Gasteiger partial charge in [0, 0.05) is 16.6 Å². The van der Waals surface area contributed by atoms with Crippen LogP contribution in [0.1, 0.15) is 11.1 Å². The smallest absolute Gasteiger partial charge is 0.363 e. The summed E-state index contributed by atoms with van der Waals surface area (Å²) in [6, 6.07) is 13.4. The molecule has 0 unspecified atom stereocenters. The number of nitrogens with zero attached hydrogens (tertiary/aromatic N) is 2. The van der Waals surface area contributed by atoms with E-state index in [9.17, 15) is 14.9 Å². The van der Waals surface area contributed by atoms with Crippen molar-refractivity contribution >= 4 is 39.6 Å². The third-order valence-corrected chi connectivity index (χ3v) is 4.06. The summed E-state index contributed by atoms with van der Waals surface area (Å²) >= 11 is 3.39. The van der Waals surface area contributed by atoms with E-state index in [-0.39, 0.29) is 17.3 Å². The molecular formula is C18H11BrN2O4. The number of non-ortho nitro benzene ring substituents is 1. The highest BCUT2D eigenvalue weighted by molar-refractivity contribution is 9.10. The Balaban J connectivity index is 1.78. The molecule has 1 aliphatic heterocycles. The molecule has 124 valence electrons. The van der Waals surface area contributed by atoms with E-state index in [0.717, 1.165) is 10.0 Å². The van der Waals surface area contributed by atoms with Crippen molar-refractivity contribution in [2.75, 3.05) is 0 Å². The Morgan fingerprint density at radius 1 is 1.12 bits per heavy atom. The van der Waals surface area contributed by atoms with Crippen LogP contribution in [0, 0.1) is 10.1 Å². The molecule has 0 fully saturated rings. The average Bonchev–Trinajstić information content (AvgIpc) is 2.96. The Kier molecular flexibility index (Phi) is 4.85. The van der Waals surface area contributed by atoms with E-state index in [0.29, 0.717) is 5.56 Å². The lowest BCUT2D eigenvalue weighted by molar-refractivity contribution is -0.384. The lowest BCUT2D eigenvalue weighted by Crippen LogP contribution is -2.05. The molecule has 0 amide bonds. The van der Waals surface area contributed by atoms with Crippen LogP contribution in [0.15, 0.2) is 75.8 Å². The number of carbonyl (C=O) groups excluding carboxylic acids is 1. The zero-order valence-electron chi connectivity index (χ0n) is 12.8. The number of carbonyl (C=O) groups is 1. The maximum Gasteiger partial charge on any atom is 0.363 e. The predicted octanol–water partition coefficient (Wildman–Crippen LogP) is 4.26. The van der Waals surface area contributed by atoms with Gasteiger partial charge in [0.05, 0.1) is 10.5 Å². The third-order valence-electron chi connectivity index (χ3n) is 3.37. The minimum atomic E-state index is -0.529. The second-order valence-electron chi connectivity index (χ2n) is 5.05. The van der Waals surface area contributed by atoms with Crippen molar-refractivity contribution in [3.8, 4) is 0 Å². The first-order chi connectivity index (χ1) is 12.0. The van der Waals surface area contributed by atoms with E-state index in [4.69, 9.17) is 4.74 Å². The second kappa shape index (κ2) is 7.23. The van der Waals surface area contributed by atoms with Crippen molar-refractivity contribution in [2.45, 2.75) is 0 Å². The van der Waals surface area contributed by atoms with E-state index in [1.807, 2.05) is 18.2 Å². The van der Waals surface area contributed by atoms with Gasteiger partial charge in [-0.2, -0.15) is 0 Å². The fraction of sp³-hybridized carbons (Fsp3) is 0. The quantitative estimate of drug-likeness (QED) is 0.333. The van der Waals surface area contributed by atoms with Crippen molar-refractivity contribution in [1.82, 2.24) is 0 Å². The summed E-state index contributed by atoms with van der Waals surface area (Å²) in [6.07, 6.45) is 4.90. The molecule has 0 aromatic heterocycles. The van der Waals surface area contributed by atoms with Gasteiger partial charge in [-0.25, -0.2) is 9.79 Å². The van der Waals surface area contributed by atoms with Crippen molar-refractivity contribution in [3.05, 3.63) is 92.1 Å². The molecule has 0 saturated heterocycles. The summed E-state index contributed by atoms with van der Waals surface area (Å²) < 4.78 is 5.97. The van der Waals surface area contributed by atoms with Crippen molar-refractivity contribution < 1.29 is 14.5 Å². The first-order valence-electron chi connectivity index (χ1n) is 7.23. The topological polar surface area (TPSA) is 81.8 Å². The first kappa shape index (κ1) is 16.8. The summed E-state index contributed by atoms with van der Waals surface area (Å²) in [5.41, 5.74) is 1.67. The normalized spacial score (nSPS) is 15.5. The lowest BCUT2D eigenvalue weighted by Gasteiger charge is -2.01. The maximum absolute atomic E-state index is 11.9. The molecule has 0 spiro atoms. The maximum atomic E-state index is 11.9. The van der Waals surface area contributed by atoms with E-state index >= 15 is 0 Å². The molecule has 25 heavy (non-hydrogen) atoms. The Labute approximate surface area is 151 Å². The summed E-state index contributed by atoms with van der Waals surface area (Å²) in [5.74, 6) is -0.286. The minimum absolute atomic E-state index is 0.0255. The summed E-state index contributed by atoms with van der Waals surface area (Å²) in [5, 5.41) is 10.6. The first-order valence-corrected chi connectivity index (χ1v) is 8.02. The number of aliphatic imine (C=N–C) groups is 1. The van der Waals surface area contributed by atoms with Crippen LogP contribution in [-0.2, 0) is 9.53 Å². The number of nitro benzene ring substituents is 1. The average molecular weight is 399 g/mol. The van der Waals surface area contributed by atoms with Gasteiger partial charge in [-0.1, -0.05) is 24.3 Å². The lowest BCUT2D eigenvalue weighted by atomic mass is 10.2. The number of benzene rings is 2. The van der Waals surface area contributed by atoms with Gasteiger partial charge in [0.15, 0.2) is 5.70 Å². The molecule has 6 nitrogen and oxygen atoms in total. The molecule has 2 aromatic rings. The fourth-order valence-electron chi connectivity index (χ4n) is 2.13. The van der Waals surface area contributed by atoms with Crippen LogP contribution >= 0.6 is 15.9 Å². The standard InChI is InChI=1S/C18H11BrN2O4/c19-15-6-2-1-5-14(15)17-20-16(18(22)25-17)7-3-4-12-8-10-13(11-9-12)21(23)24/h1-11H. The molecular weight excluding hydrogens is 388 g/mol. The monoisotopic (exact) mass is 398 g/mol. The summed E-state index contributed by atoms with van der Waals surface area (Å²) in [7, 11) is 0. The number of allylic oxidation sites excluding steroid dienone is 2. The molecule has 0 bridgehead atoms. The number of halogens is 1. The number of cyclic esters (lactones) is 1. The van der Waals surface area contributed by atoms with Crippen LogP contribution in [0.2, 0.25) is 0 Å². The highest BCUT2D eigenvalue weighted by atomic mass is 79.9. The van der Waals surface area contributed by atoms with Crippen molar-refractivity contribution in [1.29, 1.82) is 0 Å². The zero-order valence-corrected chi connectivity index (χ0v) is 14.3. The van der Waals surface area contributed by atoms with Crippen LogP contribution in [0.3, 0.4) is 0 Å². The minimum Gasteiger partial charge on any atom is -0.402 e. The Morgan fingerprint density at radius 2 is 1.84 bits per heavy atom. The summed E-state index contributed by atoms with van der Waals surface area (Å²) in [4.78, 5) is 26.3. The van der Waals surface area contributed by atoms with Gasteiger partial charge < -0.3 is 4.74 Å². The van der Waals surface area contributed by atoms with Gasteiger partial charge in [0.1, 0.15) is 0 Å². The Hall–Kier alpha value is -3.06. The molecule has 0 atom stereocenters. The van der Waals surface area contributed by atoms with E-state index in [1.165, 1.54) is 18.2 Å². The number of hydrogen-bond acceptors (Lipinski definition) is 5. The van der Waals surface area contributed by atoms with E-state index in [2.05, 4.69) is 20.9 Å².